The van der Waals surface area contributed by atoms with Crippen LogP contribution in [0.4, 0.5) is 0 Å². The fraction of sp³-hybridized carbons (Fsp3) is 0.571. The van der Waals surface area contributed by atoms with Gasteiger partial charge in [0.2, 0.25) is 5.91 Å². The van der Waals surface area contributed by atoms with Gasteiger partial charge in [-0.15, -0.1) is 0 Å². The van der Waals surface area contributed by atoms with E-state index in [1.165, 1.54) is 0 Å². The third-order valence-corrected chi connectivity index (χ3v) is 3.90. The summed E-state index contributed by atoms with van der Waals surface area (Å²) in [6.45, 7) is 4.05. The van der Waals surface area contributed by atoms with Crippen molar-refractivity contribution in [2.75, 3.05) is 20.1 Å². The lowest BCUT2D eigenvalue weighted by Crippen LogP contribution is -2.49. The van der Waals surface area contributed by atoms with E-state index in [0.29, 0.717) is 6.54 Å². The Morgan fingerprint density at radius 2 is 2.32 bits per heavy atom. The first-order valence-corrected chi connectivity index (χ1v) is 6.73. The van der Waals surface area contributed by atoms with Crippen LogP contribution in [0.3, 0.4) is 0 Å². The molecule has 1 aliphatic rings. The van der Waals surface area contributed by atoms with E-state index in [9.17, 15) is 4.79 Å². The molecule has 0 saturated carbocycles. The second kappa shape index (κ2) is 6.12. The van der Waals surface area contributed by atoms with Crippen molar-refractivity contribution in [2.24, 2.45) is 5.73 Å². The molecule has 1 saturated heterocycles. The number of carbonyl (C=O) groups excluding carboxylic acids is 1. The van der Waals surface area contributed by atoms with Gasteiger partial charge in [-0.3, -0.25) is 14.7 Å². The summed E-state index contributed by atoms with van der Waals surface area (Å²) < 4.78 is 0. The van der Waals surface area contributed by atoms with Crippen LogP contribution in [-0.2, 0) is 11.3 Å². The van der Waals surface area contributed by atoms with Crippen LogP contribution in [0.5, 0.6) is 0 Å². The molecule has 0 aromatic carbocycles. The van der Waals surface area contributed by atoms with E-state index >= 15 is 0 Å². The zero-order valence-corrected chi connectivity index (χ0v) is 11.6. The van der Waals surface area contributed by atoms with Crippen molar-refractivity contribution >= 4 is 5.91 Å². The Hall–Kier alpha value is -1.46. The van der Waals surface area contributed by atoms with Crippen molar-refractivity contribution in [1.82, 2.24) is 14.8 Å². The highest BCUT2D eigenvalue weighted by Crippen LogP contribution is 2.17. The normalized spacial score (nSPS) is 25.4. The minimum atomic E-state index is -0.227. The number of aromatic nitrogens is 1. The Kier molecular flexibility index (Phi) is 4.50. The average molecular weight is 262 g/mol. The lowest BCUT2D eigenvalue weighted by molar-refractivity contribution is -0.135. The standard InChI is InChI=1S/C14H22N4O/c1-11-5-7-18(10-12-4-3-6-16-9-12)13(8-15)14(19)17(11)2/h3-4,6,9,11,13H,5,7-8,10,15H2,1-2H3. The molecule has 5 nitrogen and oxygen atoms in total. The number of carbonyl (C=O) groups is 1. The molecule has 0 aliphatic carbocycles. The monoisotopic (exact) mass is 262 g/mol. The molecular formula is C14H22N4O. The Morgan fingerprint density at radius 1 is 1.53 bits per heavy atom. The van der Waals surface area contributed by atoms with Crippen LogP contribution in [0.1, 0.15) is 18.9 Å². The van der Waals surface area contributed by atoms with E-state index in [1.54, 1.807) is 6.20 Å². The van der Waals surface area contributed by atoms with Gasteiger partial charge in [0.05, 0.1) is 0 Å². The Morgan fingerprint density at radius 3 is 2.95 bits per heavy atom. The Bertz CT molecular complexity index is 423. The van der Waals surface area contributed by atoms with E-state index in [-0.39, 0.29) is 18.0 Å². The molecule has 5 heteroatoms. The fourth-order valence-corrected chi connectivity index (χ4v) is 2.48. The van der Waals surface area contributed by atoms with Crippen molar-refractivity contribution in [3.8, 4) is 0 Å². The maximum absolute atomic E-state index is 12.4. The van der Waals surface area contributed by atoms with Gasteiger partial charge in [-0.1, -0.05) is 6.07 Å². The van der Waals surface area contributed by atoms with Gasteiger partial charge in [0.1, 0.15) is 6.04 Å². The quantitative estimate of drug-likeness (QED) is 0.859. The predicted molar refractivity (Wildman–Crippen MR) is 74.3 cm³/mol. The van der Waals surface area contributed by atoms with Crippen LogP contribution in [0.2, 0.25) is 0 Å². The smallest absolute Gasteiger partial charge is 0.241 e. The van der Waals surface area contributed by atoms with E-state index < -0.39 is 0 Å². The number of amides is 1. The largest absolute Gasteiger partial charge is 0.342 e. The van der Waals surface area contributed by atoms with E-state index in [2.05, 4.69) is 16.8 Å². The zero-order valence-electron chi connectivity index (χ0n) is 11.6. The predicted octanol–water partition coefficient (Wildman–Crippen LogP) is 0.462. The van der Waals surface area contributed by atoms with Gasteiger partial charge in [0.15, 0.2) is 0 Å². The summed E-state index contributed by atoms with van der Waals surface area (Å²) in [7, 11) is 1.86. The molecule has 1 aliphatic heterocycles. The van der Waals surface area contributed by atoms with Crippen LogP contribution in [-0.4, -0.2) is 52.9 Å². The van der Waals surface area contributed by atoms with Gasteiger partial charge in [-0.25, -0.2) is 0 Å². The summed E-state index contributed by atoms with van der Waals surface area (Å²) in [6, 6.07) is 3.99. The topological polar surface area (TPSA) is 62.5 Å². The van der Waals surface area contributed by atoms with Crippen molar-refractivity contribution < 1.29 is 4.79 Å². The number of likely N-dealkylation sites (N-methyl/N-ethyl adjacent to an activating group) is 1. The first-order valence-electron chi connectivity index (χ1n) is 6.73. The number of nitrogens with two attached hydrogens (primary N) is 1. The zero-order chi connectivity index (χ0) is 13.8. The van der Waals surface area contributed by atoms with Crippen LogP contribution < -0.4 is 5.73 Å². The molecular weight excluding hydrogens is 240 g/mol. The molecule has 2 rings (SSSR count). The van der Waals surface area contributed by atoms with Crippen LogP contribution in [0.25, 0.3) is 0 Å². The number of hydrogen-bond donors (Lipinski definition) is 1. The molecule has 1 aromatic rings. The second-order valence-electron chi connectivity index (χ2n) is 5.17. The van der Waals surface area contributed by atoms with Gasteiger partial charge in [-0.05, 0) is 25.0 Å². The molecule has 1 aromatic heterocycles. The van der Waals surface area contributed by atoms with E-state index in [0.717, 1.165) is 25.1 Å². The second-order valence-corrected chi connectivity index (χ2v) is 5.17. The minimum absolute atomic E-state index is 0.122. The minimum Gasteiger partial charge on any atom is -0.342 e. The van der Waals surface area contributed by atoms with Gasteiger partial charge in [0, 0.05) is 45.1 Å². The molecule has 0 bridgehead atoms. The lowest BCUT2D eigenvalue weighted by Gasteiger charge is -2.29. The summed E-state index contributed by atoms with van der Waals surface area (Å²) >= 11 is 0. The van der Waals surface area contributed by atoms with Crippen molar-refractivity contribution in [3.63, 3.8) is 0 Å². The molecule has 1 amide bonds. The highest BCUT2D eigenvalue weighted by atomic mass is 16.2. The highest BCUT2D eigenvalue weighted by molar-refractivity contribution is 5.82. The van der Waals surface area contributed by atoms with Crippen LogP contribution in [0, 0.1) is 0 Å². The van der Waals surface area contributed by atoms with E-state index in [1.807, 2.05) is 30.3 Å². The molecule has 104 valence electrons. The molecule has 19 heavy (non-hydrogen) atoms. The van der Waals surface area contributed by atoms with Crippen molar-refractivity contribution in [2.45, 2.75) is 32.0 Å². The maximum Gasteiger partial charge on any atom is 0.241 e. The van der Waals surface area contributed by atoms with E-state index in [4.69, 9.17) is 5.73 Å². The summed E-state index contributed by atoms with van der Waals surface area (Å²) in [6.07, 6.45) is 4.57. The summed E-state index contributed by atoms with van der Waals surface area (Å²) in [5.74, 6) is 0.122. The van der Waals surface area contributed by atoms with Gasteiger partial charge >= 0.3 is 0 Å². The molecule has 1 fully saturated rings. The number of rotatable bonds is 3. The summed E-state index contributed by atoms with van der Waals surface area (Å²) in [4.78, 5) is 20.5. The molecule has 2 N–H and O–H groups in total. The fourth-order valence-electron chi connectivity index (χ4n) is 2.48. The first-order chi connectivity index (χ1) is 9.13. The molecule has 0 radical (unpaired) electrons. The van der Waals surface area contributed by atoms with Crippen LogP contribution >= 0.6 is 0 Å². The van der Waals surface area contributed by atoms with Crippen LogP contribution in [0.15, 0.2) is 24.5 Å². The first kappa shape index (κ1) is 14.0. The molecule has 2 heterocycles. The Balaban J connectivity index is 2.16. The van der Waals surface area contributed by atoms with Crippen molar-refractivity contribution in [1.29, 1.82) is 0 Å². The maximum atomic E-state index is 12.4. The molecule has 2 atom stereocenters. The lowest BCUT2D eigenvalue weighted by atomic mass is 10.2. The molecule has 2 unspecified atom stereocenters. The average Bonchev–Trinajstić information content (AvgIpc) is 2.53. The third-order valence-electron chi connectivity index (χ3n) is 3.90. The summed E-state index contributed by atoms with van der Waals surface area (Å²) in [5.41, 5.74) is 6.93. The Labute approximate surface area is 114 Å². The SMILES string of the molecule is CC1CCN(Cc2cccnc2)C(CN)C(=O)N1C. The number of hydrogen-bond acceptors (Lipinski definition) is 4. The van der Waals surface area contributed by atoms with Crippen molar-refractivity contribution in [3.05, 3.63) is 30.1 Å². The highest BCUT2D eigenvalue weighted by Gasteiger charge is 2.32. The number of pyridine rings is 1. The van der Waals surface area contributed by atoms with Gasteiger partial charge in [-0.2, -0.15) is 0 Å². The van der Waals surface area contributed by atoms with Gasteiger partial charge < -0.3 is 10.6 Å². The summed E-state index contributed by atoms with van der Waals surface area (Å²) in [5, 5.41) is 0. The number of nitrogens with zero attached hydrogens (tertiary/aromatic N) is 3. The third kappa shape index (κ3) is 3.11. The molecule has 0 spiro atoms. The van der Waals surface area contributed by atoms with Gasteiger partial charge in [0.25, 0.3) is 0 Å².